The lowest BCUT2D eigenvalue weighted by Gasteiger charge is -2.15. The molecule has 0 rings (SSSR count). The van der Waals surface area contributed by atoms with Crippen molar-refractivity contribution in [2.75, 3.05) is 0 Å². The fraction of sp³-hybridized carbons (Fsp3) is 0.714. The topological polar surface area (TPSA) is 147 Å². The molecule has 0 aromatic carbocycles. The second-order valence-corrected chi connectivity index (χ2v) is 3.01. The highest BCUT2D eigenvalue weighted by Gasteiger charge is 2.21. The number of carboxylic acid groups (broad SMARTS) is 2. The maximum atomic E-state index is 10.3. The van der Waals surface area contributed by atoms with Gasteiger partial charge in [0.1, 0.15) is 12.1 Å². The second-order valence-electron chi connectivity index (χ2n) is 3.01. The summed E-state index contributed by atoms with van der Waals surface area (Å²) in [6.07, 6.45) is -1.54. The van der Waals surface area contributed by atoms with Gasteiger partial charge in [0.15, 0.2) is 0 Å². The van der Waals surface area contributed by atoms with Crippen molar-refractivity contribution >= 4 is 11.9 Å². The third-order valence-electron chi connectivity index (χ3n) is 1.69. The highest BCUT2D eigenvalue weighted by molar-refractivity contribution is 5.74. The minimum atomic E-state index is -1.24. The Morgan fingerprint density at radius 3 is 1.50 bits per heavy atom. The lowest BCUT2D eigenvalue weighted by Crippen LogP contribution is -2.38. The standard InChI is InChI=1S/C7H14N2O5/c8-4(6(11)12)1-3(10)2-5(9)7(13)14/h3-5,10H,1-2,8-9H2,(H,11,12)(H,13,14)/t3?,4-,5?/m0/s1. The number of carbonyl (C=O) groups is 2. The van der Waals surface area contributed by atoms with E-state index >= 15 is 0 Å². The van der Waals surface area contributed by atoms with Crippen molar-refractivity contribution in [3.05, 3.63) is 0 Å². The Bertz CT molecular complexity index is 198. The molecule has 0 amide bonds. The maximum Gasteiger partial charge on any atom is 0.320 e. The average Bonchev–Trinajstić information content (AvgIpc) is 2.03. The molecule has 0 fully saturated rings. The Balaban J connectivity index is 3.92. The molecule has 0 heterocycles. The van der Waals surface area contributed by atoms with Crippen molar-refractivity contribution in [1.29, 1.82) is 0 Å². The highest BCUT2D eigenvalue weighted by Crippen LogP contribution is 2.03. The third-order valence-corrected chi connectivity index (χ3v) is 1.69. The first kappa shape index (κ1) is 12.8. The Kier molecular flexibility index (Phi) is 5.06. The van der Waals surface area contributed by atoms with Gasteiger partial charge in [0.2, 0.25) is 0 Å². The molecule has 0 saturated carbocycles. The summed E-state index contributed by atoms with van der Waals surface area (Å²) in [6, 6.07) is -2.41. The van der Waals surface area contributed by atoms with E-state index in [2.05, 4.69) is 0 Å². The molecule has 0 aliphatic rings. The lowest BCUT2D eigenvalue weighted by molar-refractivity contribution is -0.139. The summed E-state index contributed by atoms with van der Waals surface area (Å²) in [5, 5.41) is 26.0. The zero-order chi connectivity index (χ0) is 11.3. The molecular weight excluding hydrogens is 192 g/mol. The van der Waals surface area contributed by atoms with Crippen molar-refractivity contribution in [3.63, 3.8) is 0 Å². The van der Waals surface area contributed by atoms with Crippen LogP contribution in [0.3, 0.4) is 0 Å². The molecule has 0 aliphatic carbocycles. The molecule has 2 unspecified atom stereocenters. The minimum Gasteiger partial charge on any atom is -0.480 e. The van der Waals surface area contributed by atoms with Crippen LogP contribution in [0.1, 0.15) is 12.8 Å². The molecule has 0 aliphatic heterocycles. The quantitative estimate of drug-likeness (QED) is 0.336. The first-order valence-electron chi connectivity index (χ1n) is 3.99. The van der Waals surface area contributed by atoms with Gasteiger partial charge in [-0.1, -0.05) is 0 Å². The van der Waals surface area contributed by atoms with Gasteiger partial charge in [-0.05, 0) is 12.8 Å². The van der Waals surface area contributed by atoms with E-state index in [0.29, 0.717) is 0 Å². The fourth-order valence-corrected chi connectivity index (χ4v) is 0.884. The van der Waals surface area contributed by atoms with E-state index in [4.69, 9.17) is 21.7 Å². The van der Waals surface area contributed by atoms with Crippen molar-refractivity contribution < 1.29 is 24.9 Å². The van der Waals surface area contributed by atoms with E-state index in [1.807, 2.05) is 0 Å². The van der Waals surface area contributed by atoms with Crippen molar-refractivity contribution in [2.45, 2.75) is 31.0 Å². The zero-order valence-electron chi connectivity index (χ0n) is 7.46. The van der Waals surface area contributed by atoms with E-state index in [1.54, 1.807) is 0 Å². The first-order valence-corrected chi connectivity index (χ1v) is 3.99. The summed E-state index contributed by atoms with van der Waals surface area (Å²) in [6.45, 7) is 0. The zero-order valence-corrected chi connectivity index (χ0v) is 7.46. The summed E-state index contributed by atoms with van der Waals surface area (Å²) in [7, 11) is 0. The summed E-state index contributed by atoms with van der Waals surface area (Å²) in [5.41, 5.74) is 10.2. The molecule has 0 bridgehead atoms. The van der Waals surface area contributed by atoms with Crippen molar-refractivity contribution in [1.82, 2.24) is 0 Å². The van der Waals surface area contributed by atoms with Gasteiger partial charge in [-0.2, -0.15) is 0 Å². The monoisotopic (exact) mass is 206 g/mol. The summed E-state index contributed by atoms with van der Waals surface area (Å²) < 4.78 is 0. The molecule has 0 spiro atoms. The van der Waals surface area contributed by atoms with Crippen LogP contribution >= 0.6 is 0 Å². The molecular formula is C7H14N2O5. The molecule has 0 radical (unpaired) electrons. The number of aliphatic hydroxyl groups excluding tert-OH is 1. The molecule has 7 N–H and O–H groups in total. The predicted molar refractivity (Wildman–Crippen MR) is 46.5 cm³/mol. The molecule has 14 heavy (non-hydrogen) atoms. The van der Waals surface area contributed by atoms with Crippen molar-refractivity contribution in [2.24, 2.45) is 11.5 Å². The van der Waals surface area contributed by atoms with E-state index in [1.165, 1.54) is 0 Å². The predicted octanol–water partition coefficient (Wildman–Crippen LogP) is -2.05. The van der Waals surface area contributed by atoms with Gasteiger partial charge < -0.3 is 26.8 Å². The highest BCUT2D eigenvalue weighted by atomic mass is 16.4. The second kappa shape index (κ2) is 5.53. The Morgan fingerprint density at radius 1 is 1.00 bits per heavy atom. The molecule has 7 heteroatoms. The van der Waals surface area contributed by atoms with Crippen LogP contribution in [-0.4, -0.2) is 45.4 Å². The van der Waals surface area contributed by atoms with Crippen LogP contribution in [0.5, 0.6) is 0 Å². The van der Waals surface area contributed by atoms with Gasteiger partial charge >= 0.3 is 11.9 Å². The van der Waals surface area contributed by atoms with Gasteiger partial charge in [-0.15, -0.1) is 0 Å². The number of rotatable bonds is 6. The van der Waals surface area contributed by atoms with E-state index in [-0.39, 0.29) is 12.8 Å². The lowest BCUT2D eigenvalue weighted by atomic mass is 10.0. The Morgan fingerprint density at radius 2 is 1.29 bits per heavy atom. The number of hydrogen-bond donors (Lipinski definition) is 5. The largest absolute Gasteiger partial charge is 0.480 e. The average molecular weight is 206 g/mol. The van der Waals surface area contributed by atoms with Gasteiger partial charge in [0.25, 0.3) is 0 Å². The fourth-order valence-electron chi connectivity index (χ4n) is 0.884. The summed E-state index contributed by atoms with van der Waals surface area (Å²) in [4.78, 5) is 20.5. The Hall–Kier alpha value is -1.18. The smallest absolute Gasteiger partial charge is 0.320 e. The van der Waals surface area contributed by atoms with E-state index in [0.717, 1.165) is 0 Å². The van der Waals surface area contributed by atoms with E-state index in [9.17, 15) is 14.7 Å². The molecule has 0 saturated heterocycles. The SMILES string of the molecule is NC(CC(O)C[C@H](N)C(=O)O)C(=O)O. The summed E-state index contributed by atoms with van der Waals surface area (Å²) in [5.74, 6) is -2.49. The Labute approximate surface area is 80.3 Å². The molecule has 82 valence electrons. The van der Waals surface area contributed by atoms with Crippen LogP contribution in [0.2, 0.25) is 0 Å². The molecule has 0 aromatic heterocycles. The number of aliphatic carboxylic acids is 2. The van der Waals surface area contributed by atoms with Crippen LogP contribution in [-0.2, 0) is 9.59 Å². The summed E-state index contributed by atoms with van der Waals surface area (Å²) >= 11 is 0. The van der Waals surface area contributed by atoms with Gasteiger partial charge in [-0.3, -0.25) is 9.59 Å². The van der Waals surface area contributed by atoms with Crippen molar-refractivity contribution in [3.8, 4) is 0 Å². The van der Waals surface area contributed by atoms with E-state index < -0.39 is 30.1 Å². The maximum absolute atomic E-state index is 10.3. The number of aliphatic hydroxyl groups is 1. The number of nitrogens with two attached hydrogens (primary N) is 2. The van der Waals surface area contributed by atoms with Gasteiger partial charge in [0.05, 0.1) is 6.10 Å². The van der Waals surface area contributed by atoms with Gasteiger partial charge in [0, 0.05) is 0 Å². The van der Waals surface area contributed by atoms with Crippen LogP contribution in [0, 0.1) is 0 Å². The number of hydrogen-bond acceptors (Lipinski definition) is 5. The number of carboxylic acids is 2. The van der Waals surface area contributed by atoms with Crippen LogP contribution < -0.4 is 11.5 Å². The van der Waals surface area contributed by atoms with Gasteiger partial charge in [-0.25, -0.2) is 0 Å². The van der Waals surface area contributed by atoms with Crippen LogP contribution in [0.25, 0.3) is 0 Å². The first-order chi connectivity index (χ1) is 6.34. The molecule has 0 aromatic rings. The van der Waals surface area contributed by atoms with Crippen LogP contribution in [0.15, 0.2) is 0 Å². The molecule has 3 atom stereocenters. The third kappa shape index (κ3) is 4.75. The van der Waals surface area contributed by atoms with Crippen LogP contribution in [0.4, 0.5) is 0 Å². The normalized spacial score (nSPS) is 17.1. The minimum absolute atomic E-state index is 0.212. The molecule has 7 nitrogen and oxygen atoms in total.